The first kappa shape index (κ1) is 24.7. The molecule has 0 bridgehead atoms. The van der Waals surface area contributed by atoms with E-state index in [1.54, 1.807) is 18.1 Å². The minimum atomic E-state index is -0.649. The molecule has 1 aliphatic rings. The Balaban J connectivity index is 2.04. The lowest BCUT2D eigenvalue weighted by Gasteiger charge is -2.32. The summed E-state index contributed by atoms with van der Waals surface area (Å²) in [5, 5.41) is 2.95. The number of carbonyl (C=O) groups excluding carboxylic acids is 2. The molecule has 1 aromatic rings. The van der Waals surface area contributed by atoms with Crippen LogP contribution in [0.2, 0.25) is 0 Å². The molecule has 0 aromatic heterocycles. The summed E-state index contributed by atoms with van der Waals surface area (Å²) < 4.78 is 10.9. The van der Waals surface area contributed by atoms with Crippen LogP contribution in [-0.4, -0.2) is 55.7 Å². The molecule has 1 aliphatic heterocycles. The van der Waals surface area contributed by atoms with Crippen LogP contribution in [0.1, 0.15) is 51.2 Å². The molecule has 1 saturated heterocycles. The van der Waals surface area contributed by atoms with Crippen molar-refractivity contribution in [3.8, 4) is 18.1 Å². The minimum Gasteiger partial charge on any atom is -0.493 e. The maximum Gasteiger partial charge on any atom is 0.243 e. The van der Waals surface area contributed by atoms with E-state index in [-0.39, 0.29) is 23.8 Å². The summed E-state index contributed by atoms with van der Waals surface area (Å²) in [6, 6.07) is 4.31. The van der Waals surface area contributed by atoms with Crippen molar-refractivity contribution in [2.45, 2.75) is 58.7 Å². The Kier molecular flexibility index (Phi) is 8.90. The number of rotatable bonds is 9. The summed E-state index contributed by atoms with van der Waals surface area (Å²) in [6.07, 6.45) is 7.66. The van der Waals surface area contributed by atoms with Gasteiger partial charge in [-0.15, -0.1) is 6.42 Å². The highest BCUT2D eigenvalue weighted by Gasteiger charge is 2.39. The van der Waals surface area contributed by atoms with Gasteiger partial charge in [-0.1, -0.05) is 32.8 Å². The predicted molar refractivity (Wildman–Crippen MR) is 120 cm³/mol. The monoisotopic (exact) mass is 429 g/mol. The van der Waals surface area contributed by atoms with E-state index in [0.29, 0.717) is 37.5 Å². The minimum absolute atomic E-state index is 0.175. The number of nitrogens with one attached hydrogen (secondary N) is 1. The zero-order valence-corrected chi connectivity index (χ0v) is 19.1. The fourth-order valence-electron chi connectivity index (χ4n) is 3.46. The first-order valence-corrected chi connectivity index (χ1v) is 10.7. The molecule has 1 heterocycles. The van der Waals surface area contributed by atoms with Crippen LogP contribution >= 0.6 is 0 Å². The van der Waals surface area contributed by atoms with Crippen molar-refractivity contribution < 1.29 is 19.1 Å². The third-order valence-electron chi connectivity index (χ3n) is 5.47. The van der Waals surface area contributed by atoms with Crippen molar-refractivity contribution in [2.75, 3.05) is 26.9 Å². The van der Waals surface area contributed by atoms with Crippen LogP contribution in [0, 0.1) is 17.8 Å². The number of terminal acetylenes is 1. The summed E-state index contributed by atoms with van der Waals surface area (Å²) in [7, 11) is 1.64. The van der Waals surface area contributed by atoms with E-state index >= 15 is 0 Å². The van der Waals surface area contributed by atoms with E-state index in [1.807, 2.05) is 32.9 Å². The molecular formula is C24H35N3O4. The second-order valence-electron chi connectivity index (χ2n) is 8.91. The zero-order valence-electron chi connectivity index (χ0n) is 19.1. The Morgan fingerprint density at radius 3 is 2.74 bits per heavy atom. The Hall–Kier alpha value is -2.56. The van der Waals surface area contributed by atoms with Gasteiger partial charge in [-0.05, 0) is 30.4 Å². The fraction of sp³-hybridized carbons (Fsp3) is 0.583. The van der Waals surface area contributed by atoms with Gasteiger partial charge >= 0.3 is 0 Å². The largest absolute Gasteiger partial charge is 0.493 e. The fourth-order valence-corrected chi connectivity index (χ4v) is 3.46. The molecular weight excluding hydrogens is 394 g/mol. The number of carbonyl (C=O) groups is 2. The number of methoxy groups -OCH3 is 1. The highest BCUT2D eigenvalue weighted by molar-refractivity contribution is 5.90. The molecule has 7 heteroatoms. The second kappa shape index (κ2) is 11.2. The molecule has 31 heavy (non-hydrogen) atoms. The highest BCUT2D eigenvalue weighted by Crippen LogP contribution is 2.25. The van der Waals surface area contributed by atoms with Gasteiger partial charge in [0, 0.05) is 44.4 Å². The maximum absolute atomic E-state index is 12.9. The lowest BCUT2D eigenvalue weighted by atomic mass is 9.86. The van der Waals surface area contributed by atoms with Crippen LogP contribution in [0.15, 0.2) is 18.2 Å². The first-order chi connectivity index (χ1) is 14.7. The molecule has 0 radical (unpaired) electrons. The molecule has 2 unspecified atom stereocenters. The van der Waals surface area contributed by atoms with E-state index in [2.05, 4.69) is 11.2 Å². The number of benzene rings is 1. The van der Waals surface area contributed by atoms with Gasteiger partial charge in [-0.3, -0.25) is 9.59 Å². The highest BCUT2D eigenvalue weighted by atomic mass is 16.5. The summed E-state index contributed by atoms with van der Waals surface area (Å²) in [6.45, 7) is 7.69. The van der Waals surface area contributed by atoms with Gasteiger partial charge in [0.25, 0.3) is 0 Å². The predicted octanol–water partition coefficient (Wildman–Crippen LogP) is 2.06. The van der Waals surface area contributed by atoms with Crippen molar-refractivity contribution in [3.63, 3.8) is 0 Å². The van der Waals surface area contributed by atoms with Crippen molar-refractivity contribution >= 4 is 11.8 Å². The lowest BCUT2D eigenvalue weighted by molar-refractivity contribution is -0.141. The molecule has 2 amide bonds. The molecule has 0 aliphatic carbocycles. The zero-order chi connectivity index (χ0) is 23.0. The van der Waals surface area contributed by atoms with Gasteiger partial charge < -0.3 is 25.4 Å². The second-order valence-corrected chi connectivity index (χ2v) is 8.91. The van der Waals surface area contributed by atoms with Crippen molar-refractivity contribution in [1.29, 1.82) is 0 Å². The van der Waals surface area contributed by atoms with Gasteiger partial charge in [0.05, 0.1) is 12.6 Å². The molecule has 0 spiro atoms. The van der Waals surface area contributed by atoms with Crippen LogP contribution in [-0.2, 0) is 20.9 Å². The molecule has 1 aromatic carbocycles. The maximum atomic E-state index is 12.9. The van der Waals surface area contributed by atoms with Gasteiger partial charge in [-0.25, -0.2) is 0 Å². The SMILES string of the molecule is C#Cc1ccc(CNC(=O)C2CCCN2C(=O)C(N)C(C)(C)C)c(OCCCOC)c1. The standard InChI is InChI=1S/C24H35N3O4/c1-6-17-10-11-18(20(15-17)31-14-8-13-30-5)16-26-22(28)19-9-7-12-27(19)23(29)21(25)24(2,3)4/h1,10-11,15,19,21H,7-9,12-14,16,25H2,2-5H3,(H,26,28). The summed E-state index contributed by atoms with van der Waals surface area (Å²) in [5.41, 5.74) is 7.32. The molecule has 7 nitrogen and oxygen atoms in total. The molecule has 2 atom stereocenters. The Morgan fingerprint density at radius 2 is 2.10 bits per heavy atom. The first-order valence-electron chi connectivity index (χ1n) is 10.7. The average molecular weight is 430 g/mol. The Bertz CT molecular complexity index is 810. The topological polar surface area (TPSA) is 93.9 Å². The Morgan fingerprint density at radius 1 is 1.35 bits per heavy atom. The molecule has 1 fully saturated rings. The summed E-state index contributed by atoms with van der Waals surface area (Å²) in [5.74, 6) is 2.88. The van der Waals surface area contributed by atoms with Gasteiger partial charge in [0.1, 0.15) is 11.8 Å². The summed E-state index contributed by atoms with van der Waals surface area (Å²) in [4.78, 5) is 27.4. The van der Waals surface area contributed by atoms with Crippen LogP contribution in [0.5, 0.6) is 5.75 Å². The number of nitrogens with two attached hydrogens (primary N) is 1. The molecule has 0 saturated carbocycles. The quantitative estimate of drug-likeness (QED) is 0.463. The number of amides is 2. The number of hydrogen-bond donors (Lipinski definition) is 2. The summed E-state index contributed by atoms with van der Waals surface area (Å²) >= 11 is 0. The van der Waals surface area contributed by atoms with Crippen molar-refractivity contribution in [3.05, 3.63) is 29.3 Å². The average Bonchev–Trinajstić information content (AvgIpc) is 3.23. The third-order valence-corrected chi connectivity index (χ3v) is 5.47. The van der Waals surface area contributed by atoms with E-state index in [0.717, 1.165) is 18.4 Å². The molecule has 170 valence electrons. The van der Waals surface area contributed by atoms with Crippen LogP contribution in [0.25, 0.3) is 0 Å². The van der Waals surface area contributed by atoms with E-state index in [4.69, 9.17) is 21.6 Å². The smallest absolute Gasteiger partial charge is 0.243 e. The number of ether oxygens (including phenoxy) is 2. The normalized spacial score (nSPS) is 17.2. The van der Waals surface area contributed by atoms with Gasteiger partial charge in [0.2, 0.25) is 11.8 Å². The number of hydrogen-bond acceptors (Lipinski definition) is 5. The van der Waals surface area contributed by atoms with E-state index in [9.17, 15) is 9.59 Å². The molecule has 2 rings (SSSR count). The lowest BCUT2D eigenvalue weighted by Crippen LogP contribution is -2.54. The third kappa shape index (κ3) is 6.71. The van der Waals surface area contributed by atoms with Gasteiger partial charge in [-0.2, -0.15) is 0 Å². The van der Waals surface area contributed by atoms with E-state index in [1.165, 1.54) is 0 Å². The Labute approximate surface area is 185 Å². The number of likely N-dealkylation sites (tertiary alicyclic amines) is 1. The van der Waals surface area contributed by atoms with Crippen molar-refractivity contribution in [1.82, 2.24) is 10.2 Å². The molecule has 3 N–H and O–H groups in total. The van der Waals surface area contributed by atoms with Crippen molar-refractivity contribution in [2.24, 2.45) is 11.1 Å². The van der Waals surface area contributed by atoms with Crippen LogP contribution in [0.4, 0.5) is 0 Å². The van der Waals surface area contributed by atoms with Crippen LogP contribution < -0.4 is 15.8 Å². The van der Waals surface area contributed by atoms with Gasteiger partial charge in [0.15, 0.2) is 0 Å². The number of nitrogens with zero attached hydrogens (tertiary/aromatic N) is 1. The van der Waals surface area contributed by atoms with E-state index < -0.39 is 12.1 Å². The van der Waals surface area contributed by atoms with Crippen LogP contribution in [0.3, 0.4) is 0 Å².